The summed E-state index contributed by atoms with van der Waals surface area (Å²) in [5.74, 6) is 0.662. The molecule has 0 aromatic heterocycles. The van der Waals surface area contributed by atoms with Crippen LogP contribution in [0.2, 0.25) is 0 Å². The highest BCUT2D eigenvalue weighted by Crippen LogP contribution is 2.46. The summed E-state index contributed by atoms with van der Waals surface area (Å²) >= 11 is 1.72. The molecule has 1 spiro atoms. The van der Waals surface area contributed by atoms with Crippen LogP contribution in [0.1, 0.15) is 18.4 Å². The van der Waals surface area contributed by atoms with Crippen molar-refractivity contribution in [1.29, 1.82) is 0 Å². The van der Waals surface area contributed by atoms with E-state index in [1.165, 1.54) is 5.56 Å². The molecule has 4 rings (SSSR count). The standard InChI is InChI=1S/C21H23N3O2S/c1-16-7-9-18(10-8-16)24-19(25)15-27-21(24)11-13-23(14-12-21)20(26)22-17-5-3-2-4-6-17/h2-10H,11-15H2,1H3,(H,22,26). The first-order valence-electron chi connectivity index (χ1n) is 9.22. The third-order valence-electron chi connectivity index (χ3n) is 5.27. The normalized spacial score (nSPS) is 18.8. The fourth-order valence-corrected chi connectivity index (χ4v) is 5.11. The number of aryl methyl sites for hydroxylation is 1. The van der Waals surface area contributed by atoms with Gasteiger partial charge in [-0.3, -0.25) is 9.69 Å². The molecule has 2 saturated heterocycles. The molecular weight excluding hydrogens is 358 g/mol. The minimum atomic E-state index is -0.240. The van der Waals surface area contributed by atoms with Crippen molar-refractivity contribution in [2.24, 2.45) is 0 Å². The maximum atomic E-state index is 12.6. The lowest BCUT2D eigenvalue weighted by molar-refractivity contribution is -0.116. The van der Waals surface area contributed by atoms with Gasteiger partial charge in [-0.15, -0.1) is 11.8 Å². The van der Waals surface area contributed by atoms with Crippen molar-refractivity contribution in [1.82, 2.24) is 4.90 Å². The molecule has 2 aliphatic heterocycles. The topological polar surface area (TPSA) is 52.7 Å². The number of carbonyl (C=O) groups excluding carboxylic acids is 2. The van der Waals surface area contributed by atoms with Gasteiger partial charge in [-0.05, 0) is 44.0 Å². The highest BCUT2D eigenvalue weighted by atomic mass is 32.2. The largest absolute Gasteiger partial charge is 0.324 e. The molecule has 0 bridgehead atoms. The molecule has 140 valence electrons. The van der Waals surface area contributed by atoms with Gasteiger partial charge in [0.05, 0.1) is 10.6 Å². The second kappa shape index (κ2) is 7.27. The Labute approximate surface area is 163 Å². The Hall–Kier alpha value is -2.47. The first-order chi connectivity index (χ1) is 13.1. The molecule has 5 nitrogen and oxygen atoms in total. The van der Waals surface area contributed by atoms with Gasteiger partial charge in [-0.1, -0.05) is 35.9 Å². The van der Waals surface area contributed by atoms with Crippen LogP contribution in [0.15, 0.2) is 54.6 Å². The van der Waals surface area contributed by atoms with Gasteiger partial charge in [0.1, 0.15) is 0 Å². The number of amides is 3. The summed E-state index contributed by atoms with van der Waals surface area (Å²) < 4.78 is 0. The van der Waals surface area contributed by atoms with Crippen LogP contribution in [0, 0.1) is 6.92 Å². The number of anilines is 2. The SMILES string of the molecule is Cc1ccc(N2C(=O)CSC23CCN(C(=O)Nc2ccccc2)CC3)cc1. The van der Waals surface area contributed by atoms with Crippen molar-refractivity contribution < 1.29 is 9.59 Å². The number of nitrogens with one attached hydrogen (secondary N) is 1. The van der Waals surface area contributed by atoms with Crippen molar-refractivity contribution >= 4 is 35.1 Å². The van der Waals surface area contributed by atoms with Gasteiger partial charge in [0.25, 0.3) is 0 Å². The van der Waals surface area contributed by atoms with Gasteiger partial charge >= 0.3 is 6.03 Å². The quantitative estimate of drug-likeness (QED) is 0.852. The van der Waals surface area contributed by atoms with Gasteiger partial charge in [0.2, 0.25) is 5.91 Å². The number of likely N-dealkylation sites (tertiary alicyclic amines) is 1. The summed E-state index contributed by atoms with van der Waals surface area (Å²) in [6.07, 6.45) is 1.55. The summed E-state index contributed by atoms with van der Waals surface area (Å²) in [6.45, 7) is 3.33. The second-order valence-corrected chi connectivity index (χ2v) is 8.42. The van der Waals surface area contributed by atoms with Gasteiger partial charge in [0.15, 0.2) is 0 Å². The molecule has 2 aliphatic rings. The number of para-hydroxylation sites is 1. The van der Waals surface area contributed by atoms with Crippen LogP contribution >= 0.6 is 11.8 Å². The summed E-state index contributed by atoms with van der Waals surface area (Å²) in [6, 6.07) is 17.6. The molecule has 0 radical (unpaired) electrons. The molecule has 2 aromatic rings. The van der Waals surface area contributed by atoms with Gasteiger partial charge < -0.3 is 10.2 Å². The lowest BCUT2D eigenvalue weighted by atomic mass is 10.0. The van der Waals surface area contributed by atoms with Gasteiger partial charge in [-0.2, -0.15) is 0 Å². The first kappa shape index (κ1) is 17.9. The minimum Gasteiger partial charge on any atom is -0.324 e. The molecule has 0 atom stereocenters. The van der Waals surface area contributed by atoms with Crippen LogP contribution in [-0.2, 0) is 4.79 Å². The maximum Gasteiger partial charge on any atom is 0.321 e. The predicted molar refractivity (Wildman–Crippen MR) is 110 cm³/mol. The monoisotopic (exact) mass is 381 g/mol. The average molecular weight is 382 g/mol. The molecule has 27 heavy (non-hydrogen) atoms. The lowest BCUT2D eigenvalue weighted by Crippen LogP contribution is -2.53. The van der Waals surface area contributed by atoms with Gasteiger partial charge in [0, 0.05) is 24.5 Å². The van der Waals surface area contributed by atoms with Crippen molar-refractivity contribution in [3.8, 4) is 0 Å². The minimum absolute atomic E-state index is 0.0766. The van der Waals surface area contributed by atoms with Crippen molar-refractivity contribution in [2.75, 3.05) is 29.1 Å². The Kier molecular flexibility index (Phi) is 4.83. The molecule has 2 heterocycles. The zero-order valence-corrected chi connectivity index (χ0v) is 16.2. The number of piperidine rings is 1. The fourth-order valence-electron chi connectivity index (χ4n) is 3.78. The molecule has 0 saturated carbocycles. The number of carbonyl (C=O) groups is 2. The third-order valence-corrected chi connectivity index (χ3v) is 6.79. The average Bonchev–Trinajstić information content (AvgIpc) is 3.00. The van der Waals surface area contributed by atoms with E-state index in [9.17, 15) is 9.59 Å². The van der Waals surface area contributed by atoms with Crippen LogP contribution in [0.4, 0.5) is 16.2 Å². The van der Waals surface area contributed by atoms with E-state index in [4.69, 9.17) is 0 Å². The molecule has 2 fully saturated rings. The number of hydrogen-bond donors (Lipinski definition) is 1. The Morgan fingerprint density at radius 3 is 2.37 bits per heavy atom. The molecule has 3 amide bonds. The maximum absolute atomic E-state index is 12.6. The third kappa shape index (κ3) is 3.54. The van der Waals surface area contributed by atoms with Crippen molar-refractivity contribution in [3.63, 3.8) is 0 Å². The molecule has 0 aliphatic carbocycles. The summed E-state index contributed by atoms with van der Waals surface area (Å²) in [5, 5.41) is 2.95. The second-order valence-electron chi connectivity index (χ2n) is 7.08. The van der Waals surface area contributed by atoms with Crippen LogP contribution in [0.5, 0.6) is 0 Å². The molecule has 2 aromatic carbocycles. The Morgan fingerprint density at radius 2 is 1.70 bits per heavy atom. The zero-order valence-electron chi connectivity index (χ0n) is 15.4. The van der Waals surface area contributed by atoms with Crippen LogP contribution in [0.25, 0.3) is 0 Å². The molecule has 0 unspecified atom stereocenters. The van der Waals surface area contributed by atoms with Crippen LogP contribution in [0.3, 0.4) is 0 Å². The van der Waals surface area contributed by atoms with E-state index in [0.717, 1.165) is 24.2 Å². The van der Waals surface area contributed by atoms with E-state index in [-0.39, 0.29) is 16.8 Å². The molecular formula is C21H23N3O2S. The summed E-state index contributed by atoms with van der Waals surface area (Å²) in [7, 11) is 0. The van der Waals surface area contributed by atoms with Crippen LogP contribution in [-0.4, -0.2) is 40.6 Å². The van der Waals surface area contributed by atoms with E-state index in [1.807, 2.05) is 71.3 Å². The Morgan fingerprint density at radius 1 is 1.04 bits per heavy atom. The highest BCUT2D eigenvalue weighted by molar-refractivity contribution is 8.02. The highest BCUT2D eigenvalue weighted by Gasteiger charge is 2.49. The first-order valence-corrected chi connectivity index (χ1v) is 10.2. The number of thioether (sulfide) groups is 1. The summed E-state index contributed by atoms with van der Waals surface area (Å²) in [4.78, 5) is 28.7. The number of benzene rings is 2. The van der Waals surface area contributed by atoms with Crippen molar-refractivity contribution in [3.05, 3.63) is 60.2 Å². The zero-order chi connectivity index (χ0) is 18.9. The smallest absolute Gasteiger partial charge is 0.321 e. The van der Waals surface area contributed by atoms with E-state index >= 15 is 0 Å². The Balaban J connectivity index is 1.46. The predicted octanol–water partition coefficient (Wildman–Crippen LogP) is 4.10. The molecule has 6 heteroatoms. The van der Waals surface area contributed by atoms with E-state index in [0.29, 0.717) is 18.8 Å². The van der Waals surface area contributed by atoms with E-state index in [2.05, 4.69) is 5.32 Å². The Bertz CT molecular complexity index is 830. The number of nitrogens with zero attached hydrogens (tertiary/aromatic N) is 2. The lowest BCUT2D eigenvalue weighted by Gasteiger charge is -2.43. The molecule has 1 N–H and O–H groups in total. The number of hydrogen-bond acceptors (Lipinski definition) is 3. The number of rotatable bonds is 2. The number of urea groups is 1. The van der Waals surface area contributed by atoms with E-state index in [1.54, 1.807) is 11.8 Å². The van der Waals surface area contributed by atoms with Gasteiger partial charge in [-0.25, -0.2) is 4.79 Å². The summed E-state index contributed by atoms with van der Waals surface area (Å²) in [5.41, 5.74) is 2.94. The fraction of sp³-hybridized carbons (Fsp3) is 0.333. The van der Waals surface area contributed by atoms with Crippen LogP contribution < -0.4 is 10.2 Å². The van der Waals surface area contributed by atoms with E-state index < -0.39 is 0 Å². The van der Waals surface area contributed by atoms with Crippen molar-refractivity contribution in [2.45, 2.75) is 24.6 Å².